The topological polar surface area (TPSA) is 102 Å². The second kappa shape index (κ2) is 6.94. The van der Waals surface area contributed by atoms with Gasteiger partial charge in [0.1, 0.15) is 5.00 Å². The molecule has 1 aromatic heterocycles. The standard InChI is InChI=1S/C17H17N3O4S/c1-24-17(23)20-8-7-11-12(9-20)25-16(13(11)14(18)21)19-15(22)10-5-3-2-4-6-10/h2-6H,7-9H2,1H3,(H2,18,21)(H,19,22). The van der Waals surface area contributed by atoms with Crippen LogP contribution in [-0.4, -0.2) is 36.5 Å². The van der Waals surface area contributed by atoms with Gasteiger partial charge in [0.05, 0.1) is 19.2 Å². The third kappa shape index (κ3) is 3.34. The third-order valence-corrected chi connectivity index (χ3v) is 5.13. The maximum atomic E-state index is 12.4. The maximum absolute atomic E-state index is 12.4. The van der Waals surface area contributed by atoms with Crippen LogP contribution < -0.4 is 11.1 Å². The summed E-state index contributed by atoms with van der Waals surface area (Å²) in [6.45, 7) is 0.761. The van der Waals surface area contributed by atoms with Crippen molar-refractivity contribution < 1.29 is 19.1 Å². The normalized spacial score (nSPS) is 13.1. The maximum Gasteiger partial charge on any atom is 0.409 e. The Morgan fingerprint density at radius 1 is 1.24 bits per heavy atom. The molecule has 7 nitrogen and oxygen atoms in total. The molecule has 0 bridgehead atoms. The minimum atomic E-state index is -0.590. The quantitative estimate of drug-likeness (QED) is 0.877. The van der Waals surface area contributed by atoms with Crippen molar-refractivity contribution in [3.05, 3.63) is 51.9 Å². The van der Waals surface area contributed by atoms with Gasteiger partial charge >= 0.3 is 6.09 Å². The van der Waals surface area contributed by atoms with Gasteiger partial charge in [-0.1, -0.05) is 18.2 Å². The highest BCUT2D eigenvalue weighted by Gasteiger charge is 2.29. The number of rotatable bonds is 3. The van der Waals surface area contributed by atoms with E-state index in [2.05, 4.69) is 5.32 Å². The number of benzene rings is 1. The first-order chi connectivity index (χ1) is 12.0. The molecule has 0 radical (unpaired) electrons. The van der Waals surface area contributed by atoms with Crippen molar-refractivity contribution in [2.24, 2.45) is 5.73 Å². The Morgan fingerprint density at radius 3 is 2.60 bits per heavy atom. The van der Waals surface area contributed by atoms with Crippen LogP contribution in [-0.2, 0) is 17.7 Å². The summed E-state index contributed by atoms with van der Waals surface area (Å²) in [7, 11) is 1.33. The molecule has 2 aromatic rings. The summed E-state index contributed by atoms with van der Waals surface area (Å²) in [6, 6.07) is 8.71. The van der Waals surface area contributed by atoms with Crippen LogP contribution in [0.25, 0.3) is 0 Å². The smallest absolute Gasteiger partial charge is 0.409 e. The lowest BCUT2D eigenvalue weighted by molar-refractivity contribution is 0.0999. The fourth-order valence-electron chi connectivity index (χ4n) is 2.80. The van der Waals surface area contributed by atoms with Crippen LogP contribution in [0.3, 0.4) is 0 Å². The molecule has 1 aliphatic heterocycles. The third-order valence-electron chi connectivity index (χ3n) is 4.00. The van der Waals surface area contributed by atoms with E-state index in [1.54, 1.807) is 29.2 Å². The fraction of sp³-hybridized carbons (Fsp3) is 0.235. The van der Waals surface area contributed by atoms with Gasteiger partial charge in [0, 0.05) is 17.0 Å². The van der Waals surface area contributed by atoms with Crippen LogP contribution in [0.5, 0.6) is 0 Å². The molecule has 0 unspecified atom stereocenters. The molecular formula is C17H17N3O4S. The van der Waals surface area contributed by atoms with Crippen molar-refractivity contribution in [1.29, 1.82) is 0 Å². The number of carbonyl (C=O) groups excluding carboxylic acids is 3. The zero-order valence-electron chi connectivity index (χ0n) is 13.6. The number of nitrogens with one attached hydrogen (secondary N) is 1. The van der Waals surface area contributed by atoms with Crippen molar-refractivity contribution in [2.45, 2.75) is 13.0 Å². The van der Waals surface area contributed by atoms with E-state index in [1.165, 1.54) is 18.4 Å². The number of fused-ring (bicyclic) bond motifs is 1. The summed E-state index contributed by atoms with van der Waals surface area (Å²) < 4.78 is 4.74. The zero-order chi connectivity index (χ0) is 18.0. The van der Waals surface area contributed by atoms with Gasteiger partial charge in [0.25, 0.3) is 11.8 Å². The van der Waals surface area contributed by atoms with Gasteiger partial charge in [-0.15, -0.1) is 11.3 Å². The van der Waals surface area contributed by atoms with Crippen LogP contribution in [0.2, 0.25) is 0 Å². The second-order valence-corrected chi connectivity index (χ2v) is 6.64. The Morgan fingerprint density at radius 2 is 1.96 bits per heavy atom. The number of thiophene rings is 1. The number of methoxy groups -OCH3 is 1. The highest BCUT2D eigenvalue weighted by atomic mass is 32.1. The van der Waals surface area contributed by atoms with Crippen molar-refractivity contribution in [3.8, 4) is 0 Å². The van der Waals surface area contributed by atoms with E-state index in [4.69, 9.17) is 10.5 Å². The number of nitrogens with zero attached hydrogens (tertiary/aromatic N) is 1. The number of anilines is 1. The number of hydrogen-bond acceptors (Lipinski definition) is 5. The van der Waals surface area contributed by atoms with Gasteiger partial charge in [-0.25, -0.2) is 4.79 Å². The SMILES string of the molecule is COC(=O)N1CCc2c(sc(NC(=O)c3ccccc3)c2C(N)=O)C1. The van der Waals surface area contributed by atoms with E-state index in [-0.39, 0.29) is 5.91 Å². The highest BCUT2D eigenvalue weighted by Crippen LogP contribution is 2.37. The number of hydrogen-bond donors (Lipinski definition) is 2. The first-order valence-corrected chi connectivity index (χ1v) is 8.46. The largest absolute Gasteiger partial charge is 0.453 e. The molecule has 0 saturated heterocycles. The lowest BCUT2D eigenvalue weighted by Gasteiger charge is -2.25. The van der Waals surface area contributed by atoms with E-state index < -0.39 is 12.0 Å². The average Bonchev–Trinajstić information content (AvgIpc) is 2.98. The molecule has 25 heavy (non-hydrogen) atoms. The summed E-state index contributed by atoms with van der Waals surface area (Å²) in [5, 5.41) is 3.18. The first-order valence-electron chi connectivity index (χ1n) is 7.65. The molecule has 0 spiro atoms. The molecule has 1 aromatic carbocycles. The molecule has 0 aliphatic carbocycles. The molecule has 0 atom stereocenters. The van der Waals surface area contributed by atoms with Crippen LogP contribution in [0.4, 0.5) is 9.80 Å². The molecule has 0 saturated carbocycles. The fourth-order valence-corrected chi connectivity index (χ4v) is 4.07. The summed E-state index contributed by atoms with van der Waals surface area (Å²) in [5.74, 6) is -0.904. The van der Waals surface area contributed by atoms with E-state index in [0.29, 0.717) is 35.6 Å². The summed E-state index contributed by atoms with van der Waals surface area (Å²) in [6.07, 6.45) is 0.0648. The van der Waals surface area contributed by atoms with E-state index in [0.717, 1.165) is 10.4 Å². The number of amides is 3. The zero-order valence-corrected chi connectivity index (χ0v) is 14.4. The monoisotopic (exact) mass is 359 g/mol. The molecule has 0 fully saturated rings. The molecule has 3 N–H and O–H groups in total. The van der Waals surface area contributed by atoms with E-state index >= 15 is 0 Å². The second-order valence-electron chi connectivity index (χ2n) is 5.53. The van der Waals surface area contributed by atoms with Crippen molar-refractivity contribution in [1.82, 2.24) is 4.90 Å². The molecule has 8 heteroatoms. The predicted molar refractivity (Wildman–Crippen MR) is 93.8 cm³/mol. The Labute approximate surface area is 148 Å². The van der Waals surface area contributed by atoms with Gasteiger partial charge in [-0.3, -0.25) is 9.59 Å². The number of ether oxygens (including phenoxy) is 1. The summed E-state index contributed by atoms with van der Waals surface area (Å²) in [4.78, 5) is 38.4. The summed E-state index contributed by atoms with van der Waals surface area (Å²) >= 11 is 1.26. The Bertz CT molecular complexity index is 832. The average molecular weight is 359 g/mol. The van der Waals surface area contributed by atoms with Gasteiger partial charge in [0.15, 0.2) is 0 Å². The van der Waals surface area contributed by atoms with Crippen LogP contribution in [0, 0.1) is 0 Å². The Kier molecular flexibility index (Phi) is 4.71. The number of carbonyl (C=O) groups is 3. The molecular weight excluding hydrogens is 342 g/mol. The molecule has 2 heterocycles. The summed E-state index contributed by atoms with van der Waals surface area (Å²) in [5.41, 5.74) is 7.14. The van der Waals surface area contributed by atoms with E-state index in [9.17, 15) is 14.4 Å². The molecule has 3 amide bonds. The van der Waals surface area contributed by atoms with Crippen molar-refractivity contribution in [3.63, 3.8) is 0 Å². The number of nitrogens with two attached hydrogens (primary N) is 1. The Balaban J connectivity index is 1.90. The Hall–Kier alpha value is -2.87. The number of primary amides is 1. The lowest BCUT2D eigenvalue weighted by atomic mass is 10.0. The molecule has 130 valence electrons. The van der Waals surface area contributed by atoms with Crippen LogP contribution >= 0.6 is 11.3 Å². The van der Waals surface area contributed by atoms with Gasteiger partial charge in [-0.05, 0) is 24.1 Å². The minimum absolute atomic E-state index is 0.313. The lowest BCUT2D eigenvalue weighted by Crippen LogP contribution is -2.35. The van der Waals surface area contributed by atoms with Crippen molar-refractivity contribution >= 4 is 34.2 Å². The molecule has 3 rings (SSSR count). The predicted octanol–water partition coefficient (Wildman–Crippen LogP) is 2.22. The van der Waals surface area contributed by atoms with Crippen LogP contribution in [0.15, 0.2) is 30.3 Å². The van der Waals surface area contributed by atoms with Gasteiger partial charge < -0.3 is 20.7 Å². The van der Waals surface area contributed by atoms with Crippen molar-refractivity contribution in [2.75, 3.05) is 19.0 Å². The molecule has 1 aliphatic rings. The van der Waals surface area contributed by atoms with E-state index in [1.807, 2.05) is 6.07 Å². The highest BCUT2D eigenvalue weighted by molar-refractivity contribution is 7.17. The van der Waals surface area contributed by atoms with Gasteiger partial charge in [0.2, 0.25) is 0 Å². The van der Waals surface area contributed by atoms with Crippen LogP contribution in [0.1, 0.15) is 31.2 Å². The van der Waals surface area contributed by atoms with Gasteiger partial charge in [-0.2, -0.15) is 0 Å². The minimum Gasteiger partial charge on any atom is -0.453 e. The first kappa shape index (κ1) is 17.0.